The lowest BCUT2D eigenvalue weighted by atomic mass is 9.99. The molecular formula is C23H20ClFN2. The van der Waals surface area contributed by atoms with E-state index in [1.807, 2.05) is 30.3 Å². The molecule has 1 aliphatic heterocycles. The third-order valence-electron chi connectivity index (χ3n) is 4.84. The van der Waals surface area contributed by atoms with E-state index in [-0.39, 0.29) is 5.82 Å². The molecule has 1 aliphatic rings. The molecule has 2 heterocycles. The van der Waals surface area contributed by atoms with Gasteiger partial charge in [-0.1, -0.05) is 35.9 Å². The van der Waals surface area contributed by atoms with Crippen molar-refractivity contribution in [3.63, 3.8) is 0 Å². The third-order valence-corrected chi connectivity index (χ3v) is 5.09. The van der Waals surface area contributed by atoms with E-state index in [2.05, 4.69) is 23.1 Å². The van der Waals surface area contributed by atoms with Crippen LogP contribution in [0.1, 0.15) is 17.7 Å². The first kappa shape index (κ1) is 17.9. The van der Waals surface area contributed by atoms with Gasteiger partial charge in [0.1, 0.15) is 5.82 Å². The Balaban J connectivity index is 1.44. The van der Waals surface area contributed by atoms with Crippen molar-refractivity contribution in [3.05, 3.63) is 94.9 Å². The van der Waals surface area contributed by atoms with Crippen LogP contribution in [0.25, 0.3) is 16.8 Å². The van der Waals surface area contributed by atoms with Gasteiger partial charge in [-0.05, 0) is 66.1 Å². The van der Waals surface area contributed by atoms with E-state index in [9.17, 15) is 4.39 Å². The molecule has 2 aromatic carbocycles. The molecule has 1 aromatic heterocycles. The maximum atomic E-state index is 13.1. The molecular weight excluding hydrogens is 359 g/mol. The summed E-state index contributed by atoms with van der Waals surface area (Å²) in [4.78, 5) is 7.14. The van der Waals surface area contributed by atoms with Gasteiger partial charge in [-0.2, -0.15) is 0 Å². The molecule has 0 amide bonds. The number of halogens is 2. The second-order valence-electron chi connectivity index (χ2n) is 6.74. The van der Waals surface area contributed by atoms with E-state index >= 15 is 0 Å². The van der Waals surface area contributed by atoms with Gasteiger partial charge in [-0.3, -0.25) is 9.88 Å². The van der Waals surface area contributed by atoms with Crippen molar-refractivity contribution in [1.29, 1.82) is 0 Å². The second-order valence-corrected chi connectivity index (χ2v) is 7.18. The summed E-state index contributed by atoms with van der Waals surface area (Å²) in [7, 11) is 0. The van der Waals surface area contributed by atoms with Crippen LogP contribution in [0.2, 0.25) is 5.02 Å². The summed E-state index contributed by atoms with van der Waals surface area (Å²) in [5, 5.41) is 0.767. The van der Waals surface area contributed by atoms with E-state index in [0.29, 0.717) is 0 Å². The summed E-state index contributed by atoms with van der Waals surface area (Å²) in [6.07, 6.45) is 3.30. The van der Waals surface area contributed by atoms with Crippen molar-refractivity contribution in [2.45, 2.75) is 13.0 Å². The van der Waals surface area contributed by atoms with Gasteiger partial charge >= 0.3 is 0 Å². The zero-order valence-corrected chi connectivity index (χ0v) is 15.7. The van der Waals surface area contributed by atoms with Crippen molar-refractivity contribution in [3.8, 4) is 11.3 Å². The van der Waals surface area contributed by atoms with Gasteiger partial charge in [0.05, 0.1) is 11.4 Å². The summed E-state index contributed by atoms with van der Waals surface area (Å²) in [5.41, 5.74) is 5.45. The first-order chi connectivity index (χ1) is 13.2. The van der Waals surface area contributed by atoms with Crippen LogP contribution in [-0.4, -0.2) is 23.0 Å². The van der Waals surface area contributed by atoms with E-state index < -0.39 is 0 Å². The molecule has 0 aliphatic carbocycles. The topological polar surface area (TPSA) is 16.1 Å². The highest BCUT2D eigenvalue weighted by Gasteiger charge is 2.14. The van der Waals surface area contributed by atoms with Crippen LogP contribution in [-0.2, 0) is 6.54 Å². The molecule has 0 saturated heterocycles. The summed E-state index contributed by atoms with van der Waals surface area (Å²) in [5.74, 6) is -0.230. The van der Waals surface area contributed by atoms with Gasteiger partial charge < -0.3 is 0 Å². The zero-order chi connectivity index (χ0) is 18.6. The molecule has 136 valence electrons. The Bertz CT molecular complexity index is 949. The molecule has 2 nitrogen and oxygen atoms in total. The molecule has 0 saturated carbocycles. The van der Waals surface area contributed by atoms with Crippen molar-refractivity contribution in [1.82, 2.24) is 9.88 Å². The molecule has 0 bridgehead atoms. The highest BCUT2D eigenvalue weighted by molar-refractivity contribution is 6.30. The number of pyridine rings is 1. The van der Waals surface area contributed by atoms with Gasteiger partial charge in [0.2, 0.25) is 0 Å². The lowest BCUT2D eigenvalue weighted by Crippen LogP contribution is -2.28. The zero-order valence-electron chi connectivity index (χ0n) is 14.9. The second kappa shape index (κ2) is 8.03. The van der Waals surface area contributed by atoms with Crippen LogP contribution in [0.5, 0.6) is 0 Å². The number of rotatable bonds is 4. The molecule has 3 aromatic rings. The maximum Gasteiger partial charge on any atom is 0.123 e. The van der Waals surface area contributed by atoms with Crippen LogP contribution in [0, 0.1) is 5.82 Å². The summed E-state index contributed by atoms with van der Waals surface area (Å²) >= 11 is 5.98. The van der Waals surface area contributed by atoms with Crippen LogP contribution in [0.3, 0.4) is 0 Å². The van der Waals surface area contributed by atoms with Gasteiger partial charge in [0, 0.05) is 30.2 Å². The minimum Gasteiger partial charge on any atom is -0.294 e. The number of hydrogen-bond acceptors (Lipinski definition) is 2. The predicted octanol–water partition coefficient (Wildman–Crippen LogP) is 5.83. The van der Waals surface area contributed by atoms with Crippen LogP contribution in [0.4, 0.5) is 4.39 Å². The average Bonchev–Trinajstić information content (AvgIpc) is 2.70. The smallest absolute Gasteiger partial charge is 0.123 e. The summed E-state index contributed by atoms with van der Waals surface area (Å²) in [6.45, 7) is 2.71. The monoisotopic (exact) mass is 378 g/mol. The number of hydrogen-bond donors (Lipinski definition) is 0. The highest BCUT2D eigenvalue weighted by atomic mass is 35.5. The Morgan fingerprint density at radius 3 is 2.37 bits per heavy atom. The number of nitrogens with zero attached hydrogens (tertiary/aromatic N) is 2. The first-order valence-corrected chi connectivity index (χ1v) is 9.44. The molecule has 0 spiro atoms. The molecule has 4 rings (SSSR count). The molecule has 0 atom stereocenters. The summed E-state index contributed by atoms with van der Waals surface area (Å²) in [6, 6.07) is 20.5. The fraction of sp³-hybridized carbons (Fsp3) is 0.174. The average molecular weight is 379 g/mol. The lowest BCUT2D eigenvalue weighted by Gasteiger charge is -2.26. The number of benzene rings is 2. The Morgan fingerprint density at radius 2 is 1.67 bits per heavy atom. The molecule has 0 radical (unpaired) electrons. The maximum absolute atomic E-state index is 13.1. The van der Waals surface area contributed by atoms with Gasteiger partial charge in [0.15, 0.2) is 0 Å². The third kappa shape index (κ3) is 4.44. The largest absolute Gasteiger partial charge is 0.294 e. The Morgan fingerprint density at radius 1 is 0.926 bits per heavy atom. The predicted molar refractivity (Wildman–Crippen MR) is 109 cm³/mol. The van der Waals surface area contributed by atoms with Gasteiger partial charge in [-0.25, -0.2) is 4.39 Å². The molecule has 27 heavy (non-hydrogen) atoms. The standard InChI is InChI=1S/C23H20ClFN2/c24-20-8-4-17(5-9-20)18-12-14-27(15-13-18)16-22-2-1-3-23(26-22)19-6-10-21(25)11-7-19/h1-12H,13-16H2. The van der Waals surface area contributed by atoms with Crippen molar-refractivity contribution >= 4 is 17.2 Å². The normalized spacial score (nSPS) is 14.8. The molecule has 0 fully saturated rings. The SMILES string of the molecule is Fc1ccc(-c2cccc(CN3CC=C(c4ccc(Cl)cc4)CC3)n2)cc1. The van der Waals surface area contributed by atoms with E-state index in [1.165, 1.54) is 23.3 Å². The minimum atomic E-state index is -0.230. The van der Waals surface area contributed by atoms with Crippen LogP contribution >= 0.6 is 11.6 Å². The van der Waals surface area contributed by atoms with Crippen molar-refractivity contribution < 1.29 is 4.39 Å². The Hall–Kier alpha value is -2.49. The molecule has 4 heteroatoms. The van der Waals surface area contributed by atoms with Gasteiger partial charge in [-0.15, -0.1) is 0 Å². The molecule has 0 N–H and O–H groups in total. The fourth-order valence-electron chi connectivity index (χ4n) is 3.36. The first-order valence-electron chi connectivity index (χ1n) is 9.06. The lowest BCUT2D eigenvalue weighted by molar-refractivity contribution is 0.290. The molecule has 0 unspecified atom stereocenters. The fourth-order valence-corrected chi connectivity index (χ4v) is 3.49. The summed E-state index contributed by atoms with van der Waals surface area (Å²) < 4.78 is 13.1. The highest BCUT2D eigenvalue weighted by Crippen LogP contribution is 2.25. The van der Waals surface area contributed by atoms with Crippen LogP contribution in [0.15, 0.2) is 72.8 Å². The van der Waals surface area contributed by atoms with Gasteiger partial charge in [0.25, 0.3) is 0 Å². The van der Waals surface area contributed by atoms with E-state index in [4.69, 9.17) is 16.6 Å². The Kier molecular flexibility index (Phi) is 5.33. The van der Waals surface area contributed by atoms with E-state index in [0.717, 1.165) is 48.0 Å². The van der Waals surface area contributed by atoms with Crippen molar-refractivity contribution in [2.24, 2.45) is 0 Å². The quantitative estimate of drug-likeness (QED) is 0.567. The Labute approximate surface area is 163 Å². The van der Waals surface area contributed by atoms with Crippen LogP contribution < -0.4 is 0 Å². The van der Waals surface area contributed by atoms with Crippen molar-refractivity contribution in [2.75, 3.05) is 13.1 Å². The van der Waals surface area contributed by atoms with E-state index in [1.54, 1.807) is 12.1 Å². The minimum absolute atomic E-state index is 0.230. The number of aromatic nitrogens is 1.